The molecule has 0 radical (unpaired) electrons. The number of piperidine rings is 1. The molecule has 1 aromatic heterocycles. The van der Waals surface area contributed by atoms with Crippen molar-refractivity contribution >= 4 is 35.8 Å². The van der Waals surface area contributed by atoms with Crippen molar-refractivity contribution in [3.8, 4) is 0 Å². The zero-order valence-corrected chi connectivity index (χ0v) is 18.3. The number of guanidine groups is 1. The van der Waals surface area contributed by atoms with E-state index in [2.05, 4.69) is 35.4 Å². The normalized spacial score (nSPS) is 20.9. The molecule has 3 rings (SSSR count). The van der Waals surface area contributed by atoms with Gasteiger partial charge in [0, 0.05) is 51.7 Å². The molecule has 0 aromatic carbocycles. The molecular weight excluding hydrogens is 457 g/mol. The molecule has 2 N–H and O–H groups in total. The van der Waals surface area contributed by atoms with Crippen molar-refractivity contribution in [3.05, 3.63) is 24.3 Å². The number of likely N-dealkylation sites (tertiary alicyclic amines) is 2. The molecule has 9 heteroatoms. The first-order valence-corrected chi connectivity index (χ1v) is 9.52. The van der Waals surface area contributed by atoms with Gasteiger partial charge in [-0.05, 0) is 32.4 Å². The van der Waals surface area contributed by atoms with Gasteiger partial charge in [0.25, 0.3) is 5.91 Å². The number of nitrogens with one attached hydrogen (secondary N) is 2. The summed E-state index contributed by atoms with van der Waals surface area (Å²) in [5, 5.41) is 6.19. The Labute approximate surface area is 178 Å². The number of hydrogen-bond donors (Lipinski definition) is 2. The Kier molecular flexibility index (Phi) is 9.19. The van der Waals surface area contributed by atoms with Gasteiger partial charge in [0.1, 0.15) is 5.69 Å². The third-order valence-electron chi connectivity index (χ3n) is 5.07. The van der Waals surface area contributed by atoms with E-state index in [4.69, 9.17) is 0 Å². The van der Waals surface area contributed by atoms with E-state index in [0.717, 1.165) is 19.0 Å². The summed E-state index contributed by atoms with van der Waals surface area (Å²) in [5.74, 6) is 0.708. The molecule has 1 atom stereocenters. The molecule has 8 nitrogen and oxygen atoms in total. The lowest BCUT2D eigenvalue weighted by Crippen LogP contribution is -2.46. The van der Waals surface area contributed by atoms with E-state index in [1.807, 2.05) is 7.05 Å². The van der Waals surface area contributed by atoms with Crippen molar-refractivity contribution in [2.24, 2.45) is 4.99 Å². The van der Waals surface area contributed by atoms with E-state index in [1.54, 1.807) is 6.20 Å². The molecule has 3 heterocycles. The van der Waals surface area contributed by atoms with Crippen molar-refractivity contribution in [2.45, 2.75) is 31.7 Å². The van der Waals surface area contributed by atoms with Gasteiger partial charge in [0.2, 0.25) is 0 Å². The van der Waals surface area contributed by atoms with Crippen LogP contribution in [0.4, 0.5) is 0 Å². The summed E-state index contributed by atoms with van der Waals surface area (Å²) >= 11 is 0. The van der Waals surface area contributed by atoms with Gasteiger partial charge >= 0.3 is 0 Å². The maximum atomic E-state index is 11.9. The number of hydrogen-bond acceptors (Lipinski definition) is 5. The van der Waals surface area contributed by atoms with Gasteiger partial charge in [-0.2, -0.15) is 0 Å². The third kappa shape index (κ3) is 6.27. The highest BCUT2D eigenvalue weighted by molar-refractivity contribution is 14.0. The molecule has 2 fully saturated rings. The Hall–Kier alpha value is -1.49. The SMILES string of the molecule is CN=C(NCCNC(=O)c1cnccn1)N1CCC(N2CCCCC2)C1.I. The summed E-state index contributed by atoms with van der Waals surface area (Å²) in [7, 11) is 1.81. The van der Waals surface area contributed by atoms with Crippen LogP contribution in [0, 0.1) is 0 Å². The number of aliphatic imine (C=N–C) groups is 1. The highest BCUT2D eigenvalue weighted by atomic mass is 127. The second-order valence-corrected chi connectivity index (χ2v) is 6.81. The molecule has 0 bridgehead atoms. The predicted octanol–water partition coefficient (Wildman–Crippen LogP) is 0.960. The van der Waals surface area contributed by atoms with Crippen LogP contribution < -0.4 is 10.6 Å². The third-order valence-corrected chi connectivity index (χ3v) is 5.07. The van der Waals surface area contributed by atoms with Crippen LogP contribution in [0.2, 0.25) is 0 Å². The minimum Gasteiger partial charge on any atom is -0.354 e. The smallest absolute Gasteiger partial charge is 0.271 e. The first-order chi connectivity index (χ1) is 12.8. The average Bonchev–Trinajstić information content (AvgIpc) is 3.19. The van der Waals surface area contributed by atoms with Crippen LogP contribution in [-0.2, 0) is 0 Å². The van der Waals surface area contributed by atoms with Gasteiger partial charge in [-0.3, -0.25) is 19.7 Å². The van der Waals surface area contributed by atoms with E-state index in [-0.39, 0.29) is 29.9 Å². The van der Waals surface area contributed by atoms with Gasteiger partial charge in [0.05, 0.1) is 6.20 Å². The second kappa shape index (κ2) is 11.4. The van der Waals surface area contributed by atoms with Crippen LogP contribution in [0.5, 0.6) is 0 Å². The largest absolute Gasteiger partial charge is 0.354 e. The molecule has 150 valence electrons. The van der Waals surface area contributed by atoms with Crippen molar-refractivity contribution in [1.82, 2.24) is 30.4 Å². The Morgan fingerprint density at radius 2 is 1.96 bits per heavy atom. The number of carbonyl (C=O) groups is 1. The van der Waals surface area contributed by atoms with E-state index in [0.29, 0.717) is 24.8 Å². The van der Waals surface area contributed by atoms with Crippen LogP contribution in [0.3, 0.4) is 0 Å². The lowest BCUT2D eigenvalue weighted by atomic mass is 10.1. The predicted molar refractivity (Wildman–Crippen MR) is 117 cm³/mol. The van der Waals surface area contributed by atoms with E-state index >= 15 is 0 Å². The standard InChI is InChI=1S/C18H29N7O.HI/c1-19-18(23-9-8-22-17(26)16-13-20-6-7-21-16)25-12-5-15(14-25)24-10-3-2-4-11-24;/h6-7,13,15H,2-5,8-12,14H2,1H3,(H,19,23)(H,22,26);1H. The fraction of sp³-hybridized carbons (Fsp3) is 0.667. The van der Waals surface area contributed by atoms with Gasteiger partial charge in [0.15, 0.2) is 5.96 Å². The van der Waals surface area contributed by atoms with Gasteiger partial charge in [-0.15, -0.1) is 24.0 Å². The Morgan fingerprint density at radius 3 is 2.67 bits per heavy atom. The fourth-order valence-corrected chi connectivity index (χ4v) is 3.71. The summed E-state index contributed by atoms with van der Waals surface area (Å²) in [6, 6.07) is 0.644. The molecule has 0 spiro atoms. The van der Waals surface area contributed by atoms with Crippen molar-refractivity contribution in [3.63, 3.8) is 0 Å². The molecule has 2 saturated heterocycles. The molecule has 0 aliphatic carbocycles. The molecule has 1 unspecified atom stereocenters. The quantitative estimate of drug-likeness (QED) is 0.279. The van der Waals surface area contributed by atoms with E-state index in [1.165, 1.54) is 51.2 Å². The molecule has 2 aliphatic heterocycles. The minimum atomic E-state index is -0.207. The fourth-order valence-electron chi connectivity index (χ4n) is 3.71. The summed E-state index contributed by atoms with van der Waals surface area (Å²) in [6.45, 7) is 5.68. The maximum Gasteiger partial charge on any atom is 0.271 e. The maximum absolute atomic E-state index is 11.9. The molecule has 2 aliphatic rings. The number of nitrogens with zero attached hydrogens (tertiary/aromatic N) is 5. The highest BCUT2D eigenvalue weighted by Gasteiger charge is 2.29. The van der Waals surface area contributed by atoms with E-state index in [9.17, 15) is 4.79 Å². The van der Waals surface area contributed by atoms with Crippen LogP contribution >= 0.6 is 24.0 Å². The van der Waals surface area contributed by atoms with Gasteiger partial charge in [-0.25, -0.2) is 4.98 Å². The summed E-state index contributed by atoms with van der Waals surface area (Å²) in [5.41, 5.74) is 0.334. The molecular formula is C18H30IN7O. The van der Waals surface area contributed by atoms with Crippen LogP contribution in [0.1, 0.15) is 36.2 Å². The molecule has 1 amide bonds. The van der Waals surface area contributed by atoms with Crippen LogP contribution in [0.15, 0.2) is 23.6 Å². The van der Waals surface area contributed by atoms with Gasteiger partial charge in [-0.1, -0.05) is 6.42 Å². The Morgan fingerprint density at radius 1 is 1.19 bits per heavy atom. The molecule has 27 heavy (non-hydrogen) atoms. The van der Waals surface area contributed by atoms with E-state index < -0.39 is 0 Å². The van der Waals surface area contributed by atoms with Crippen LogP contribution in [0.25, 0.3) is 0 Å². The van der Waals surface area contributed by atoms with Crippen LogP contribution in [-0.4, -0.2) is 84.0 Å². The van der Waals surface area contributed by atoms with Crippen molar-refractivity contribution in [1.29, 1.82) is 0 Å². The number of aromatic nitrogens is 2. The second-order valence-electron chi connectivity index (χ2n) is 6.81. The first-order valence-electron chi connectivity index (χ1n) is 9.52. The number of rotatable bonds is 5. The minimum absolute atomic E-state index is 0. The average molecular weight is 487 g/mol. The lowest BCUT2D eigenvalue weighted by molar-refractivity contribution is 0.0949. The van der Waals surface area contributed by atoms with Crippen molar-refractivity contribution < 1.29 is 4.79 Å². The Balaban J connectivity index is 0.00000261. The summed E-state index contributed by atoms with van der Waals surface area (Å²) < 4.78 is 0. The number of carbonyl (C=O) groups excluding carboxylic acids is 1. The van der Waals surface area contributed by atoms with Gasteiger partial charge < -0.3 is 15.5 Å². The topological polar surface area (TPSA) is 85.7 Å². The molecule has 0 saturated carbocycles. The first kappa shape index (κ1) is 21.8. The summed E-state index contributed by atoms with van der Waals surface area (Å²) in [4.78, 5) is 29.2. The van der Waals surface area contributed by atoms with Crippen molar-refractivity contribution in [2.75, 3.05) is 46.3 Å². The molecule has 1 aromatic rings. The number of amides is 1. The highest BCUT2D eigenvalue weighted by Crippen LogP contribution is 2.20. The zero-order valence-electron chi connectivity index (χ0n) is 15.9. The zero-order chi connectivity index (χ0) is 18.2. The number of halogens is 1. The Bertz CT molecular complexity index is 607. The lowest BCUT2D eigenvalue weighted by Gasteiger charge is -2.32. The monoisotopic (exact) mass is 487 g/mol. The summed E-state index contributed by atoms with van der Waals surface area (Å²) in [6.07, 6.45) is 9.76.